The quantitative estimate of drug-likeness (QED) is 0.850. The lowest BCUT2D eigenvalue weighted by atomic mass is 10.3. The first-order chi connectivity index (χ1) is 8.22. The SMILES string of the molecule is CCN(CCO)Cc1cn2cc(C)ccc2n1. The first-order valence-electron chi connectivity index (χ1n) is 6.00. The van der Waals surface area contributed by atoms with E-state index in [4.69, 9.17) is 5.11 Å². The number of hydrogen-bond acceptors (Lipinski definition) is 3. The van der Waals surface area contributed by atoms with Crippen LogP contribution in [-0.4, -0.2) is 39.1 Å². The number of fused-ring (bicyclic) bond motifs is 1. The topological polar surface area (TPSA) is 40.8 Å². The van der Waals surface area contributed by atoms with Crippen LogP contribution < -0.4 is 0 Å². The van der Waals surface area contributed by atoms with E-state index in [1.54, 1.807) is 0 Å². The van der Waals surface area contributed by atoms with Crippen molar-refractivity contribution in [1.82, 2.24) is 14.3 Å². The number of pyridine rings is 1. The third-order valence-corrected chi connectivity index (χ3v) is 2.90. The minimum absolute atomic E-state index is 0.195. The fraction of sp³-hybridized carbons (Fsp3) is 0.462. The summed E-state index contributed by atoms with van der Waals surface area (Å²) in [5.74, 6) is 0. The molecule has 0 saturated heterocycles. The molecule has 92 valence electrons. The summed E-state index contributed by atoms with van der Waals surface area (Å²) in [6.45, 7) is 6.77. The summed E-state index contributed by atoms with van der Waals surface area (Å²) in [6, 6.07) is 4.10. The van der Waals surface area contributed by atoms with Gasteiger partial charge in [-0.3, -0.25) is 4.90 Å². The van der Waals surface area contributed by atoms with Gasteiger partial charge in [-0.1, -0.05) is 13.0 Å². The van der Waals surface area contributed by atoms with E-state index in [0.29, 0.717) is 6.54 Å². The van der Waals surface area contributed by atoms with Gasteiger partial charge in [0.15, 0.2) is 0 Å². The molecule has 0 aliphatic carbocycles. The highest BCUT2D eigenvalue weighted by atomic mass is 16.3. The van der Waals surface area contributed by atoms with Crippen LogP contribution in [0.25, 0.3) is 5.65 Å². The Morgan fingerprint density at radius 2 is 2.18 bits per heavy atom. The molecule has 0 unspecified atom stereocenters. The van der Waals surface area contributed by atoms with Crippen LogP contribution in [-0.2, 0) is 6.54 Å². The number of rotatable bonds is 5. The first-order valence-corrected chi connectivity index (χ1v) is 6.00. The number of aliphatic hydroxyl groups is 1. The molecule has 0 aliphatic rings. The van der Waals surface area contributed by atoms with Crippen molar-refractivity contribution in [2.75, 3.05) is 19.7 Å². The maximum absolute atomic E-state index is 8.95. The number of nitrogens with zero attached hydrogens (tertiary/aromatic N) is 3. The standard InChI is InChI=1S/C13H19N3O/c1-3-15(6-7-17)9-12-10-16-8-11(2)4-5-13(16)14-12/h4-5,8,10,17H,3,6-7,9H2,1-2H3. The van der Waals surface area contributed by atoms with Crippen LogP contribution in [0, 0.1) is 6.92 Å². The van der Waals surface area contributed by atoms with Gasteiger partial charge in [-0.05, 0) is 25.1 Å². The predicted octanol–water partition coefficient (Wildman–Crippen LogP) is 1.46. The Morgan fingerprint density at radius 1 is 1.35 bits per heavy atom. The van der Waals surface area contributed by atoms with E-state index in [9.17, 15) is 0 Å². The molecule has 17 heavy (non-hydrogen) atoms. The Morgan fingerprint density at radius 3 is 2.88 bits per heavy atom. The third-order valence-electron chi connectivity index (χ3n) is 2.90. The molecule has 4 nitrogen and oxygen atoms in total. The van der Waals surface area contributed by atoms with Crippen LogP contribution in [0.15, 0.2) is 24.5 Å². The van der Waals surface area contributed by atoms with E-state index in [0.717, 1.165) is 24.4 Å². The zero-order valence-electron chi connectivity index (χ0n) is 10.4. The summed E-state index contributed by atoms with van der Waals surface area (Å²) in [5.41, 5.74) is 3.25. The van der Waals surface area contributed by atoms with Gasteiger partial charge in [0.25, 0.3) is 0 Å². The molecule has 2 aromatic rings. The van der Waals surface area contributed by atoms with Crippen molar-refractivity contribution in [3.63, 3.8) is 0 Å². The highest BCUT2D eigenvalue weighted by Crippen LogP contribution is 2.09. The second kappa shape index (κ2) is 5.29. The minimum Gasteiger partial charge on any atom is -0.395 e. The molecule has 0 aliphatic heterocycles. The van der Waals surface area contributed by atoms with Gasteiger partial charge in [-0.2, -0.15) is 0 Å². The molecular weight excluding hydrogens is 214 g/mol. The van der Waals surface area contributed by atoms with E-state index in [1.165, 1.54) is 5.56 Å². The molecular formula is C13H19N3O. The number of aromatic nitrogens is 2. The van der Waals surface area contributed by atoms with Gasteiger partial charge < -0.3 is 9.51 Å². The predicted molar refractivity (Wildman–Crippen MR) is 68.0 cm³/mol. The number of hydrogen-bond donors (Lipinski definition) is 1. The molecule has 0 atom stereocenters. The first kappa shape index (κ1) is 12.1. The van der Waals surface area contributed by atoms with Crippen molar-refractivity contribution in [3.8, 4) is 0 Å². The lowest BCUT2D eigenvalue weighted by molar-refractivity contribution is 0.195. The summed E-state index contributed by atoms with van der Waals surface area (Å²) < 4.78 is 2.05. The number of likely N-dealkylation sites (N-methyl/N-ethyl adjacent to an activating group) is 1. The summed E-state index contributed by atoms with van der Waals surface area (Å²) >= 11 is 0. The smallest absolute Gasteiger partial charge is 0.137 e. The van der Waals surface area contributed by atoms with Crippen LogP contribution in [0.5, 0.6) is 0 Å². The summed E-state index contributed by atoms with van der Waals surface area (Å²) in [6.07, 6.45) is 4.14. The highest BCUT2D eigenvalue weighted by molar-refractivity contribution is 5.41. The fourth-order valence-electron chi connectivity index (χ4n) is 1.95. The number of aryl methyl sites for hydroxylation is 1. The van der Waals surface area contributed by atoms with Crippen LogP contribution >= 0.6 is 0 Å². The highest BCUT2D eigenvalue weighted by Gasteiger charge is 2.06. The van der Waals surface area contributed by atoms with E-state index in [1.807, 2.05) is 6.07 Å². The van der Waals surface area contributed by atoms with Crippen molar-refractivity contribution in [2.45, 2.75) is 20.4 Å². The van der Waals surface area contributed by atoms with Gasteiger partial charge in [-0.25, -0.2) is 4.98 Å². The Kier molecular flexibility index (Phi) is 3.76. The van der Waals surface area contributed by atoms with E-state index < -0.39 is 0 Å². The van der Waals surface area contributed by atoms with Gasteiger partial charge in [0.1, 0.15) is 5.65 Å². The maximum atomic E-state index is 8.95. The van der Waals surface area contributed by atoms with E-state index >= 15 is 0 Å². The summed E-state index contributed by atoms with van der Waals surface area (Å²) in [5, 5.41) is 8.95. The van der Waals surface area contributed by atoms with Crippen molar-refractivity contribution >= 4 is 5.65 Å². The van der Waals surface area contributed by atoms with Crippen molar-refractivity contribution < 1.29 is 5.11 Å². The Hall–Kier alpha value is -1.39. The van der Waals surface area contributed by atoms with Gasteiger partial charge in [0, 0.05) is 25.5 Å². The molecule has 2 heterocycles. The van der Waals surface area contributed by atoms with Crippen molar-refractivity contribution in [2.24, 2.45) is 0 Å². The van der Waals surface area contributed by atoms with Gasteiger partial charge >= 0.3 is 0 Å². The van der Waals surface area contributed by atoms with Gasteiger partial charge in [-0.15, -0.1) is 0 Å². The van der Waals surface area contributed by atoms with Crippen LogP contribution in [0.1, 0.15) is 18.2 Å². The van der Waals surface area contributed by atoms with Crippen LogP contribution in [0.3, 0.4) is 0 Å². The van der Waals surface area contributed by atoms with Gasteiger partial charge in [0.2, 0.25) is 0 Å². The van der Waals surface area contributed by atoms with Gasteiger partial charge in [0.05, 0.1) is 12.3 Å². The van der Waals surface area contributed by atoms with Crippen LogP contribution in [0.4, 0.5) is 0 Å². The molecule has 0 saturated carbocycles. The summed E-state index contributed by atoms with van der Waals surface area (Å²) in [4.78, 5) is 6.74. The zero-order valence-corrected chi connectivity index (χ0v) is 10.4. The molecule has 0 spiro atoms. The zero-order chi connectivity index (χ0) is 12.3. The van der Waals surface area contributed by atoms with E-state index in [-0.39, 0.29) is 6.61 Å². The maximum Gasteiger partial charge on any atom is 0.137 e. The fourth-order valence-corrected chi connectivity index (χ4v) is 1.95. The second-order valence-electron chi connectivity index (χ2n) is 4.30. The molecule has 2 aromatic heterocycles. The molecule has 0 radical (unpaired) electrons. The van der Waals surface area contributed by atoms with Crippen molar-refractivity contribution in [1.29, 1.82) is 0 Å². The number of aliphatic hydroxyl groups excluding tert-OH is 1. The average Bonchev–Trinajstić information content (AvgIpc) is 2.69. The molecule has 2 rings (SSSR count). The molecule has 0 aromatic carbocycles. The lowest BCUT2D eigenvalue weighted by Crippen LogP contribution is -2.26. The molecule has 1 N–H and O–H groups in total. The Bertz CT molecular complexity index is 492. The molecule has 0 fully saturated rings. The minimum atomic E-state index is 0.195. The third kappa shape index (κ3) is 2.84. The average molecular weight is 233 g/mol. The molecule has 0 amide bonds. The van der Waals surface area contributed by atoms with Crippen LogP contribution in [0.2, 0.25) is 0 Å². The normalized spacial score (nSPS) is 11.5. The lowest BCUT2D eigenvalue weighted by Gasteiger charge is -2.17. The Labute approximate surface area is 102 Å². The molecule has 0 bridgehead atoms. The molecule has 4 heteroatoms. The second-order valence-corrected chi connectivity index (χ2v) is 4.30. The number of imidazole rings is 1. The monoisotopic (exact) mass is 233 g/mol. The van der Waals surface area contributed by atoms with Crippen molar-refractivity contribution in [3.05, 3.63) is 35.8 Å². The van der Waals surface area contributed by atoms with E-state index in [2.05, 4.69) is 46.6 Å². The summed E-state index contributed by atoms with van der Waals surface area (Å²) in [7, 11) is 0. The largest absolute Gasteiger partial charge is 0.395 e. The Balaban J connectivity index is 2.18.